The van der Waals surface area contributed by atoms with Gasteiger partial charge in [-0.1, -0.05) is 29.8 Å². The van der Waals surface area contributed by atoms with Gasteiger partial charge in [0.2, 0.25) is 0 Å². The van der Waals surface area contributed by atoms with E-state index in [1.54, 1.807) is 11.1 Å². The molecule has 0 unspecified atom stereocenters. The molecule has 142 valence electrons. The number of hydrogen-bond acceptors (Lipinski definition) is 2. The number of amides is 2. The van der Waals surface area contributed by atoms with Crippen molar-refractivity contribution in [3.05, 3.63) is 64.4 Å². The summed E-state index contributed by atoms with van der Waals surface area (Å²) in [5.41, 5.74) is -0.804. The summed E-state index contributed by atoms with van der Waals surface area (Å²) in [6.07, 6.45) is -4.82. The van der Waals surface area contributed by atoms with Crippen LogP contribution in [0.3, 0.4) is 0 Å². The zero-order valence-corrected chi connectivity index (χ0v) is 14.6. The fourth-order valence-electron chi connectivity index (χ4n) is 3.57. The van der Waals surface area contributed by atoms with Crippen LogP contribution in [0.15, 0.2) is 42.5 Å². The molecule has 0 radical (unpaired) electrons. The number of fused-ring (bicyclic) bond motifs is 1. The molecule has 0 aliphatic carbocycles. The number of rotatable bonds is 2. The largest absolute Gasteiger partial charge is 0.417 e. The molecule has 0 aromatic heterocycles. The molecule has 27 heavy (non-hydrogen) atoms. The molecule has 2 aliphatic rings. The lowest BCUT2D eigenvalue weighted by Gasteiger charge is -2.28. The molecular formula is C18H14ClF4N3O. The SMILES string of the molecule is O=C1N(c2ccc(Cl)c(C(F)(F)F)c2)[C@@H](c2ccccc2F)N2CCCN12. The van der Waals surface area contributed by atoms with E-state index in [0.29, 0.717) is 19.5 Å². The molecule has 0 bridgehead atoms. The molecule has 2 aliphatic heterocycles. The molecule has 2 aromatic rings. The van der Waals surface area contributed by atoms with Crippen molar-refractivity contribution in [2.45, 2.75) is 18.8 Å². The number of urea groups is 1. The van der Waals surface area contributed by atoms with E-state index in [4.69, 9.17) is 11.6 Å². The minimum atomic E-state index is -4.67. The van der Waals surface area contributed by atoms with Gasteiger partial charge in [-0.25, -0.2) is 9.18 Å². The monoisotopic (exact) mass is 399 g/mol. The zero-order chi connectivity index (χ0) is 19.3. The molecule has 2 heterocycles. The molecule has 4 nitrogen and oxygen atoms in total. The summed E-state index contributed by atoms with van der Waals surface area (Å²) >= 11 is 5.69. The van der Waals surface area contributed by atoms with E-state index in [1.165, 1.54) is 34.2 Å². The van der Waals surface area contributed by atoms with Gasteiger partial charge >= 0.3 is 12.2 Å². The predicted octanol–water partition coefficient (Wildman–Crippen LogP) is 5.06. The van der Waals surface area contributed by atoms with Gasteiger partial charge in [0.05, 0.1) is 10.6 Å². The number of halogens is 5. The van der Waals surface area contributed by atoms with Gasteiger partial charge in [-0.15, -0.1) is 0 Å². The van der Waals surface area contributed by atoms with Crippen LogP contribution in [0.4, 0.5) is 28.0 Å². The molecule has 2 amide bonds. The standard InChI is InChI=1S/C18H14ClF4N3O/c19-14-7-6-11(10-13(14)18(21,22)23)26-16(12-4-1-2-5-15(12)20)24-8-3-9-25(24)17(26)27/h1-2,4-7,10,16H,3,8-9H2/t16-/m0/s1. The highest BCUT2D eigenvalue weighted by molar-refractivity contribution is 6.31. The van der Waals surface area contributed by atoms with Crippen LogP contribution in [-0.2, 0) is 6.18 Å². The molecule has 1 atom stereocenters. The fraction of sp³-hybridized carbons (Fsp3) is 0.278. The number of carbonyl (C=O) groups is 1. The Hall–Kier alpha value is -2.32. The number of nitrogens with zero attached hydrogens (tertiary/aromatic N) is 3. The molecule has 2 saturated heterocycles. The quantitative estimate of drug-likeness (QED) is 0.660. The number of hydrogen-bond donors (Lipinski definition) is 0. The lowest BCUT2D eigenvalue weighted by molar-refractivity contribution is -0.137. The van der Waals surface area contributed by atoms with Gasteiger partial charge in [-0.2, -0.15) is 18.2 Å². The van der Waals surface area contributed by atoms with Gasteiger partial charge in [-0.3, -0.25) is 9.91 Å². The van der Waals surface area contributed by atoms with Gasteiger partial charge in [0.25, 0.3) is 0 Å². The lowest BCUT2D eigenvalue weighted by Crippen LogP contribution is -2.32. The first-order valence-electron chi connectivity index (χ1n) is 8.27. The summed E-state index contributed by atoms with van der Waals surface area (Å²) in [6.45, 7) is 0.932. The Morgan fingerprint density at radius 1 is 1.07 bits per heavy atom. The van der Waals surface area contributed by atoms with Crippen LogP contribution in [0.25, 0.3) is 0 Å². The fourth-order valence-corrected chi connectivity index (χ4v) is 3.79. The average Bonchev–Trinajstić information content (AvgIpc) is 3.18. The number of alkyl halides is 3. The summed E-state index contributed by atoms with van der Waals surface area (Å²) < 4.78 is 54.2. The maximum absolute atomic E-state index is 14.5. The Morgan fingerprint density at radius 2 is 1.81 bits per heavy atom. The van der Waals surface area contributed by atoms with Crippen LogP contribution in [0, 0.1) is 5.82 Å². The topological polar surface area (TPSA) is 26.8 Å². The van der Waals surface area contributed by atoms with E-state index in [9.17, 15) is 22.4 Å². The van der Waals surface area contributed by atoms with E-state index in [1.807, 2.05) is 0 Å². The summed E-state index contributed by atoms with van der Waals surface area (Å²) in [7, 11) is 0. The van der Waals surface area contributed by atoms with Crippen molar-refractivity contribution in [1.29, 1.82) is 0 Å². The van der Waals surface area contributed by atoms with Crippen LogP contribution >= 0.6 is 11.6 Å². The first-order valence-corrected chi connectivity index (χ1v) is 8.65. The number of anilines is 1. The molecule has 2 aromatic carbocycles. The molecular weight excluding hydrogens is 386 g/mol. The smallest absolute Gasteiger partial charge is 0.271 e. The van der Waals surface area contributed by atoms with Crippen LogP contribution in [-0.4, -0.2) is 29.1 Å². The van der Waals surface area contributed by atoms with Crippen LogP contribution < -0.4 is 4.90 Å². The van der Waals surface area contributed by atoms with Crippen molar-refractivity contribution < 1.29 is 22.4 Å². The Balaban J connectivity index is 1.85. The van der Waals surface area contributed by atoms with Crippen molar-refractivity contribution in [3.8, 4) is 0 Å². The minimum Gasteiger partial charge on any atom is -0.271 e. The van der Waals surface area contributed by atoms with Crippen molar-refractivity contribution in [2.24, 2.45) is 0 Å². The molecule has 0 N–H and O–H groups in total. The first kappa shape index (κ1) is 18.1. The van der Waals surface area contributed by atoms with Gasteiger partial charge in [0, 0.05) is 24.3 Å². The van der Waals surface area contributed by atoms with Gasteiger partial charge in [-0.05, 0) is 30.7 Å². The van der Waals surface area contributed by atoms with Crippen molar-refractivity contribution in [3.63, 3.8) is 0 Å². The normalized spacial score (nSPS) is 20.5. The highest BCUT2D eigenvalue weighted by atomic mass is 35.5. The van der Waals surface area contributed by atoms with E-state index >= 15 is 0 Å². The predicted molar refractivity (Wildman–Crippen MR) is 91.5 cm³/mol. The van der Waals surface area contributed by atoms with Gasteiger partial charge in [0.1, 0.15) is 12.0 Å². The van der Waals surface area contributed by atoms with Gasteiger partial charge in [0.15, 0.2) is 0 Å². The van der Waals surface area contributed by atoms with Crippen molar-refractivity contribution in [2.75, 3.05) is 18.0 Å². The second kappa shape index (κ2) is 6.38. The maximum atomic E-state index is 14.5. The average molecular weight is 400 g/mol. The first-order chi connectivity index (χ1) is 12.8. The minimum absolute atomic E-state index is 0.0133. The van der Waals surface area contributed by atoms with Crippen LogP contribution in [0.5, 0.6) is 0 Å². The number of carbonyl (C=O) groups excluding carboxylic acids is 1. The molecule has 0 saturated carbocycles. The highest BCUT2D eigenvalue weighted by Crippen LogP contribution is 2.43. The second-order valence-corrected chi connectivity index (χ2v) is 6.76. The Labute approximate surface area is 157 Å². The van der Waals surface area contributed by atoms with Crippen LogP contribution in [0.1, 0.15) is 23.7 Å². The Morgan fingerprint density at radius 3 is 2.52 bits per heavy atom. The molecule has 9 heteroatoms. The third kappa shape index (κ3) is 2.93. The van der Waals surface area contributed by atoms with E-state index in [0.717, 1.165) is 12.1 Å². The van der Waals surface area contributed by atoms with Crippen molar-refractivity contribution >= 4 is 23.3 Å². The van der Waals surface area contributed by atoms with Crippen molar-refractivity contribution in [1.82, 2.24) is 10.0 Å². The molecule has 2 fully saturated rings. The molecule has 4 rings (SSSR count). The van der Waals surface area contributed by atoms with Gasteiger partial charge < -0.3 is 0 Å². The van der Waals surface area contributed by atoms with Crippen LogP contribution in [0.2, 0.25) is 5.02 Å². The third-order valence-electron chi connectivity index (χ3n) is 4.74. The van der Waals surface area contributed by atoms with E-state index in [2.05, 4.69) is 0 Å². The summed E-state index contributed by atoms with van der Waals surface area (Å²) in [5.74, 6) is -0.529. The number of hydrazine groups is 1. The third-order valence-corrected chi connectivity index (χ3v) is 5.07. The maximum Gasteiger partial charge on any atom is 0.417 e. The Kier molecular flexibility index (Phi) is 4.27. The summed E-state index contributed by atoms with van der Waals surface area (Å²) in [5, 5.41) is 2.67. The summed E-state index contributed by atoms with van der Waals surface area (Å²) in [6, 6.07) is 8.72. The lowest BCUT2D eigenvalue weighted by atomic mass is 10.1. The van der Waals surface area contributed by atoms with E-state index in [-0.39, 0.29) is 11.3 Å². The second-order valence-electron chi connectivity index (χ2n) is 6.35. The van der Waals surface area contributed by atoms with E-state index < -0.39 is 34.8 Å². The molecule has 0 spiro atoms. The summed E-state index contributed by atoms with van der Waals surface area (Å²) in [4.78, 5) is 14.1. The number of benzene rings is 2. The Bertz CT molecular complexity index is 904. The highest BCUT2D eigenvalue weighted by Gasteiger charge is 2.49. The zero-order valence-electron chi connectivity index (χ0n) is 13.9.